The standard InChI is InChI=1S/C15H24N2O2/c1-18-14-6-5-12(11-15(14)19-2)13(7-8-16)17-9-3-4-10-17/h5-6,11,13H,3-4,7-10,16H2,1-2H3. The minimum atomic E-state index is 0.396. The highest BCUT2D eigenvalue weighted by atomic mass is 16.5. The van der Waals surface area contributed by atoms with Crippen LogP contribution in [-0.2, 0) is 0 Å². The molecular formula is C15H24N2O2. The van der Waals surface area contributed by atoms with Crippen LogP contribution in [0.2, 0.25) is 0 Å². The van der Waals surface area contributed by atoms with Gasteiger partial charge >= 0.3 is 0 Å². The SMILES string of the molecule is COc1ccc(C(CCN)N2CCCC2)cc1OC. The van der Waals surface area contributed by atoms with Gasteiger partial charge in [0.05, 0.1) is 14.2 Å². The summed E-state index contributed by atoms with van der Waals surface area (Å²) in [6.45, 7) is 3.04. The fourth-order valence-electron chi connectivity index (χ4n) is 2.83. The molecule has 0 aliphatic carbocycles. The van der Waals surface area contributed by atoms with Crippen LogP contribution in [0.25, 0.3) is 0 Å². The molecule has 1 atom stereocenters. The first-order valence-corrected chi connectivity index (χ1v) is 6.96. The van der Waals surface area contributed by atoms with Gasteiger partial charge in [0, 0.05) is 6.04 Å². The van der Waals surface area contributed by atoms with Gasteiger partial charge in [-0.2, -0.15) is 0 Å². The van der Waals surface area contributed by atoms with Crippen molar-refractivity contribution in [1.29, 1.82) is 0 Å². The molecule has 2 N–H and O–H groups in total. The zero-order valence-electron chi connectivity index (χ0n) is 11.9. The van der Waals surface area contributed by atoms with E-state index in [0.717, 1.165) is 17.9 Å². The lowest BCUT2D eigenvalue weighted by Crippen LogP contribution is -2.27. The van der Waals surface area contributed by atoms with Crippen molar-refractivity contribution in [3.8, 4) is 11.5 Å². The average Bonchev–Trinajstić information content (AvgIpc) is 2.98. The van der Waals surface area contributed by atoms with Gasteiger partial charge in [-0.3, -0.25) is 4.90 Å². The van der Waals surface area contributed by atoms with E-state index in [4.69, 9.17) is 15.2 Å². The molecule has 1 aromatic carbocycles. The summed E-state index contributed by atoms with van der Waals surface area (Å²) in [5.74, 6) is 1.57. The summed E-state index contributed by atoms with van der Waals surface area (Å²) in [5, 5.41) is 0. The second-order valence-corrected chi connectivity index (χ2v) is 4.95. The number of ether oxygens (including phenoxy) is 2. The third-order valence-corrected chi connectivity index (χ3v) is 3.81. The van der Waals surface area contributed by atoms with Gasteiger partial charge in [0.25, 0.3) is 0 Å². The van der Waals surface area contributed by atoms with Gasteiger partial charge in [-0.15, -0.1) is 0 Å². The topological polar surface area (TPSA) is 47.7 Å². The first kappa shape index (κ1) is 14.2. The second-order valence-electron chi connectivity index (χ2n) is 4.95. The van der Waals surface area contributed by atoms with Gasteiger partial charge in [0.2, 0.25) is 0 Å². The molecule has 1 aliphatic heterocycles. The highest BCUT2D eigenvalue weighted by Gasteiger charge is 2.23. The Bertz CT molecular complexity index is 403. The molecule has 1 aliphatic rings. The molecule has 0 bridgehead atoms. The van der Waals surface area contributed by atoms with Crippen LogP contribution in [0.5, 0.6) is 11.5 Å². The Kier molecular flexibility index (Phi) is 5.05. The van der Waals surface area contributed by atoms with Gasteiger partial charge in [0.15, 0.2) is 11.5 Å². The Balaban J connectivity index is 2.25. The third-order valence-electron chi connectivity index (χ3n) is 3.81. The number of benzene rings is 1. The molecule has 0 aromatic heterocycles. The zero-order chi connectivity index (χ0) is 13.7. The predicted molar refractivity (Wildman–Crippen MR) is 76.8 cm³/mol. The summed E-state index contributed by atoms with van der Waals surface area (Å²) in [4.78, 5) is 2.52. The van der Waals surface area contributed by atoms with Crippen molar-refractivity contribution in [3.05, 3.63) is 23.8 Å². The monoisotopic (exact) mass is 264 g/mol. The van der Waals surface area contributed by atoms with E-state index in [9.17, 15) is 0 Å². The van der Waals surface area contributed by atoms with E-state index in [1.54, 1.807) is 14.2 Å². The number of nitrogens with zero attached hydrogens (tertiary/aromatic N) is 1. The van der Waals surface area contributed by atoms with Crippen LogP contribution in [0.3, 0.4) is 0 Å². The number of rotatable bonds is 6. The normalized spacial score (nSPS) is 17.4. The van der Waals surface area contributed by atoms with Gasteiger partial charge in [0.1, 0.15) is 0 Å². The molecule has 0 amide bonds. The van der Waals surface area contributed by atoms with Crippen LogP contribution in [0.4, 0.5) is 0 Å². The summed E-state index contributed by atoms with van der Waals surface area (Å²) >= 11 is 0. The summed E-state index contributed by atoms with van der Waals surface area (Å²) in [7, 11) is 3.34. The first-order chi connectivity index (χ1) is 9.30. The zero-order valence-corrected chi connectivity index (χ0v) is 11.9. The van der Waals surface area contributed by atoms with Gasteiger partial charge in [-0.25, -0.2) is 0 Å². The van der Waals surface area contributed by atoms with Crippen molar-refractivity contribution in [1.82, 2.24) is 4.90 Å². The van der Waals surface area contributed by atoms with Crippen LogP contribution in [0.15, 0.2) is 18.2 Å². The summed E-state index contributed by atoms with van der Waals surface area (Å²) in [6.07, 6.45) is 3.55. The highest BCUT2D eigenvalue weighted by molar-refractivity contribution is 5.43. The van der Waals surface area contributed by atoms with Crippen LogP contribution < -0.4 is 15.2 Å². The molecule has 2 rings (SSSR count). The van der Waals surface area contributed by atoms with Crippen molar-refractivity contribution in [2.24, 2.45) is 5.73 Å². The van der Waals surface area contributed by atoms with Crippen molar-refractivity contribution < 1.29 is 9.47 Å². The maximum absolute atomic E-state index is 5.78. The maximum atomic E-state index is 5.78. The molecule has 0 radical (unpaired) electrons. The number of methoxy groups -OCH3 is 2. The molecule has 19 heavy (non-hydrogen) atoms. The number of likely N-dealkylation sites (tertiary alicyclic amines) is 1. The molecule has 0 saturated carbocycles. The summed E-state index contributed by atoms with van der Waals surface area (Å²) < 4.78 is 10.7. The molecule has 1 heterocycles. The molecule has 1 aromatic rings. The van der Waals surface area contributed by atoms with E-state index in [-0.39, 0.29) is 0 Å². The highest BCUT2D eigenvalue weighted by Crippen LogP contribution is 2.34. The van der Waals surface area contributed by atoms with Crippen molar-refractivity contribution >= 4 is 0 Å². The predicted octanol–water partition coefficient (Wildman–Crippen LogP) is 2.19. The second kappa shape index (κ2) is 6.78. The Morgan fingerprint density at radius 2 is 1.84 bits per heavy atom. The summed E-state index contributed by atoms with van der Waals surface area (Å²) in [5.41, 5.74) is 7.05. The Morgan fingerprint density at radius 1 is 1.16 bits per heavy atom. The minimum absolute atomic E-state index is 0.396. The van der Waals surface area contributed by atoms with E-state index in [0.29, 0.717) is 12.6 Å². The number of hydrogen-bond donors (Lipinski definition) is 1. The molecule has 4 heteroatoms. The fraction of sp³-hybridized carbons (Fsp3) is 0.600. The minimum Gasteiger partial charge on any atom is -0.493 e. The van der Waals surface area contributed by atoms with E-state index >= 15 is 0 Å². The molecule has 1 fully saturated rings. The Labute approximate surface area is 115 Å². The van der Waals surface area contributed by atoms with E-state index < -0.39 is 0 Å². The lowest BCUT2D eigenvalue weighted by molar-refractivity contribution is 0.235. The smallest absolute Gasteiger partial charge is 0.161 e. The van der Waals surface area contributed by atoms with Crippen molar-refractivity contribution in [2.45, 2.75) is 25.3 Å². The molecule has 0 spiro atoms. The first-order valence-electron chi connectivity index (χ1n) is 6.96. The molecule has 1 unspecified atom stereocenters. The number of nitrogens with two attached hydrogens (primary N) is 1. The van der Waals surface area contributed by atoms with Crippen LogP contribution in [0.1, 0.15) is 30.9 Å². The fourth-order valence-corrected chi connectivity index (χ4v) is 2.83. The van der Waals surface area contributed by atoms with Crippen LogP contribution >= 0.6 is 0 Å². The Hall–Kier alpha value is -1.26. The van der Waals surface area contributed by atoms with E-state index in [1.807, 2.05) is 6.07 Å². The molecular weight excluding hydrogens is 240 g/mol. The van der Waals surface area contributed by atoms with Gasteiger partial charge in [-0.05, 0) is 56.6 Å². The third kappa shape index (κ3) is 3.19. The van der Waals surface area contributed by atoms with E-state index in [1.165, 1.54) is 31.5 Å². The summed E-state index contributed by atoms with van der Waals surface area (Å²) in [6, 6.07) is 6.58. The largest absolute Gasteiger partial charge is 0.493 e. The van der Waals surface area contributed by atoms with Gasteiger partial charge < -0.3 is 15.2 Å². The van der Waals surface area contributed by atoms with Crippen LogP contribution in [0, 0.1) is 0 Å². The quantitative estimate of drug-likeness (QED) is 0.855. The lowest BCUT2D eigenvalue weighted by Gasteiger charge is -2.28. The lowest BCUT2D eigenvalue weighted by atomic mass is 10.0. The van der Waals surface area contributed by atoms with Crippen molar-refractivity contribution in [3.63, 3.8) is 0 Å². The number of hydrogen-bond acceptors (Lipinski definition) is 4. The van der Waals surface area contributed by atoms with Crippen LogP contribution in [-0.4, -0.2) is 38.8 Å². The Morgan fingerprint density at radius 3 is 2.42 bits per heavy atom. The molecule has 4 nitrogen and oxygen atoms in total. The average molecular weight is 264 g/mol. The molecule has 106 valence electrons. The van der Waals surface area contributed by atoms with E-state index in [2.05, 4.69) is 17.0 Å². The molecule has 1 saturated heterocycles. The van der Waals surface area contributed by atoms with Gasteiger partial charge in [-0.1, -0.05) is 6.07 Å². The maximum Gasteiger partial charge on any atom is 0.161 e. The van der Waals surface area contributed by atoms with Crippen molar-refractivity contribution in [2.75, 3.05) is 33.9 Å².